The number of benzene rings is 6. The second kappa shape index (κ2) is 32.6. The number of nitrogens with two attached hydrogens (primary N) is 3. The zero-order valence-electron chi connectivity index (χ0n) is 48.6. The van der Waals surface area contributed by atoms with Crippen molar-refractivity contribution in [2.75, 3.05) is 59.1 Å². The first-order valence-corrected chi connectivity index (χ1v) is 27.9. The molecule has 6 aromatic carbocycles. The number of nitrogens with zero attached hydrogens (tertiary/aromatic N) is 9. The lowest BCUT2D eigenvalue weighted by Crippen LogP contribution is -2.20. The summed E-state index contributed by atoms with van der Waals surface area (Å²) in [6.07, 6.45) is 4.23. The minimum absolute atomic E-state index is 0.312. The molecule has 2 amide bonds. The minimum atomic E-state index is -0.312. The number of carbonyl (C=O) groups is 1. The van der Waals surface area contributed by atoms with Crippen LogP contribution in [0.1, 0.15) is 101 Å². The quantitative estimate of drug-likeness (QED) is 0.0200. The lowest BCUT2D eigenvalue weighted by molar-refractivity contribution is 0.262. The van der Waals surface area contributed by atoms with Crippen molar-refractivity contribution in [2.24, 2.45) is 62.8 Å². The highest BCUT2D eigenvalue weighted by Crippen LogP contribution is 2.21. The largest absolute Gasteiger partial charge is 0.386 e. The predicted molar refractivity (Wildman–Crippen MR) is 362 cm³/mol. The van der Waals surface area contributed by atoms with Crippen LogP contribution in [-0.4, -0.2) is 95.3 Å². The third-order valence-electron chi connectivity index (χ3n) is 12.2. The zero-order valence-corrected chi connectivity index (χ0v) is 50.2. The van der Waals surface area contributed by atoms with Crippen molar-refractivity contribution >= 4 is 127 Å². The van der Waals surface area contributed by atoms with Crippen LogP contribution in [0.3, 0.4) is 0 Å². The van der Waals surface area contributed by atoms with E-state index in [-0.39, 0.29) is 6.03 Å². The first kappa shape index (κ1) is 63.4. The first-order chi connectivity index (χ1) is 40.4. The highest BCUT2D eigenvalue weighted by Gasteiger charge is 2.13. The third-order valence-corrected chi connectivity index (χ3v) is 12.6. The molecule has 0 atom stereocenters. The van der Waals surface area contributed by atoms with Crippen molar-refractivity contribution in [1.29, 1.82) is 0 Å². The van der Waals surface area contributed by atoms with Gasteiger partial charge in [0.1, 0.15) is 23.3 Å². The van der Waals surface area contributed by atoms with E-state index in [9.17, 15) is 4.79 Å². The number of anilines is 6. The number of carbonyl (C=O) groups excluding carboxylic acids is 1. The maximum atomic E-state index is 12.4. The van der Waals surface area contributed by atoms with E-state index in [1.165, 1.54) is 5.71 Å². The predicted octanol–water partition coefficient (Wildman–Crippen LogP) is 11.4. The molecule has 6 aromatic rings. The number of hydrogen-bond acceptors (Lipinski definition) is 12. The van der Waals surface area contributed by atoms with E-state index in [2.05, 4.69) is 94.9 Å². The van der Waals surface area contributed by atoms with Crippen LogP contribution in [0.2, 0.25) is 0 Å². The number of amides is 2. The Kier molecular flexibility index (Phi) is 24.6. The molecule has 0 fully saturated rings. The molecule has 2 heterocycles. The smallest absolute Gasteiger partial charge is 0.323 e. The Hall–Kier alpha value is -9.80. The number of thiocarbonyl (C=S) groups is 2. The van der Waals surface area contributed by atoms with Gasteiger partial charge < -0.3 is 54.4 Å². The highest BCUT2D eigenvalue weighted by molar-refractivity contribution is 7.81. The number of aliphatic imine (C=N–C) groups is 3. The van der Waals surface area contributed by atoms with E-state index in [0.29, 0.717) is 39.1 Å². The molecule has 22 heteroatoms. The Morgan fingerprint density at radius 1 is 0.440 bits per heavy atom. The Morgan fingerprint density at radius 3 is 1.13 bits per heavy atom. The Labute approximate surface area is 502 Å². The monoisotopic (exact) mass is 1160 g/mol. The van der Waals surface area contributed by atoms with E-state index in [1.54, 1.807) is 27.8 Å². The van der Waals surface area contributed by atoms with Gasteiger partial charge in [-0.05, 0) is 204 Å². The summed E-state index contributed by atoms with van der Waals surface area (Å²) in [6.45, 7) is 12.5. The van der Waals surface area contributed by atoms with E-state index < -0.39 is 0 Å². The number of hydrogen-bond donors (Lipinski definition) is 10. The van der Waals surface area contributed by atoms with E-state index in [1.807, 2.05) is 161 Å². The van der Waals surface area contributed by atoms with Crippen molar-refractivity contribution < 1.29 is 4.79 Å². The first-order valence-electron chi connectivity index (χ1n) is 27.1. The summed E-state index contributed by atoms with van der Waals surface area (Å²) in [5.41, 5.74) is 31.9. The maximum Gasteiger partial charge on any atom is 0.323 e. The lowest BCUT2D eigenvalue weighted by atomic mass is 10.1. The summed E-state index contributed by atoms with van der Waals surface area (Å²) in [6, 6.07) is 46.5. The molecule has 0 bridgehead atoms. The molecule has 0 aliphatic carbocycles. The molecule has 2 aliphatic rings. The van der Waals surface area contributed by atoms with Crippen LogP contribution in [0, 0.1) is 0 Å². The van der Waals surface area contributed by atoms with Crippen molar-refractivity contribution in [1.82, 2.24) is 5.32 Å². The van der Waals surface area contributed by atoms with Gasteiger partial charge in [-0.3, -0.25) is 15.0 Å². The van der Waals surface area contributed by atoms with Gasteiger partial charge in [-0.1, -0.05) is 60.7 Å². The van der Waals surface area contributed by atoms with Gasteiger partial charge in [-0.2, -0.15) is 15.3 Å². The average molecular weight is 1160 g/mol. The molecular weight excluding hydrogens is 1090 g/mol. The van der Waals surface area contributed by atoms with Crippen LogP contribution < -0.4 is 54.4 Å². The second-order valence-electron chi connectivity index (χ2n) is 19.2. The molecule has 2 aliphatic heterocycles. The zero-order chi connectivity index (χ0) is 60.4. The summed E-state index contributed by atoms with van der Waals surface area (Å²) >= 11 is 10.9. The van der Waals surface area contributed by atoms with Crippen molar-refractivity contribution in [3.05, 3.63) is 179 Å². The van der Waals surface area contributed by atoms with Gasteiger partial charge in [0.2, 0.25) is 0 Å². The van der Waals surface area contributed by atoms with Crippen LogP contribution in [-0.2, 0) is 0 Å². The SMILES string of the molecule is CC(N)=N/N=C(\C)c1cccc(NC(=O)Nc2cccc(C3=NCCC3)c2)c1.CC(N)=N/N=C(\C)c1cccc(NC(=S)Nc2cccc(C3=NCCC3)c2)c1.CN=C(NC)c1ccc(NC(=S)Nc2cccc(/C(C)=N/N=C(C)N)c2)cc1. The van der Waals surface area contributed by atoms with Crippen LogP contribution in [0.4, 0.5) is 38.9 Å². The summed E-state index contributed by atoms with van der Waals surface area (Å²) in [5, 5.41) is 46.5. The van der Waals surface area contributed by atoms with E-state index in [4.69, 9.17) is 41.6 Å². The van der Waals surface area contributed by atoms with Crippen LogP contribution in [0.5, 0.6) is 0 Å². The fourth-order valence-electron chi connectivity index (χ4n) is 8.18. The lowest BCUT2D eigenvalue weighted by Gasteiger charge is -2.12. The molecule has 13 N–H and O–H groups in total. The van der Waals surface area contributed by atoms with Gasteiger partial charge in [-0.25, -0.2) is 4.79 Å². The summed E-state index contributed by atoms with van der Waals surface area (Å²) < 4.78 is 0. The normalized spacial score (nSPS) is 13.9. The van der Waals surface area contributed by atoms with Crippen LogP contribution in [0.25, 0.3) is 0 Å². The molecule has 0 spiro atoms. The van der Waals surface area contributed by atoms with E-state index in [0.717, 1.165) is 124 Å². The molecule has 0 aromatic heterocycles. The summed E-state index contributed by atoms with van der Waals surface area (Å²) in [7, 11) is 3.60. The molecule has 0 unspecified atom stereocenters. The molecule has 0 radical (unpaired) electrons. The molecule has 0 saturated heterocycles. The Morgan fingerprint density at radius 2 is 0.786 bits per heavy atom. The van der Waals surface area contributed by atoms with Crippen LogP contribution in [0.15, 0.2) is 191 Å². The van der Waals surface area contributed by atoms with Gasteiger partial charge >= 0.3 is 6.03 Å². The molecule has 0 saturated carbocycles. The number of amidine groups is 4. The summed E-state index contributed by atoms with van der Waals surface area (Å²) in [4.78, 5) is 25.6. The van der Waals surface area contributed by atoms with E-state index >= 15 is 0 Å². The van der Waals surface area contributed by atoms with Crippen molar-refractivity contribution in [3.8, 4) is 0 Å². The van der Waals surface area contributed by atoms with Gasteiger partial charge in [0.15, 0.2) is 10.2 Å². The number of rotatable bonds is 15. The van der Waals surface area contributed by atoms with Gasteiger partial charge in [0, 0.05) is 78.3 Å². The van der Waals surface area contributed by atoms with Gasteiger partial charge in [0.05, 0.1) is 17.1 Å². The Balaban J connectivity index is 0.000000202. The molecule has 8 rings (SSSR count). The van der Waals surface area contributed by atoms with Crippen molar-refractivity contribution in [3.63, 3.8) is 0 Å². The standard InChI is InChI=1S/C21H24N6O.C21H24N6S.C20H25N7S/c2*1-14(26-27-15(2)22)16-6-3-8-18(12-16)24-21(28)25-19-9-4-7-17(13-19)20-10-5-11-23-20;1-13(26-27-14(2)21)16-6-5-7-18(12-16)25-20(28)24-17-10-8-15(9-11-17)19(22-3)23-4/h2*3-4,6-9,12-13H,5,10-11H2,1-2H3,(H2,22,27)(H2,24,25,28);5-12H,1-4H3,(H2,21,27)(H,22,23)(H2,24,25,28)/b2*26-14+;26-13+. The highest BCUT2D eigenvalue weighted by atomic mass is 32.1. The fraction of sp³-hybridized carbons (Fsp3) is 0.226. The second-order valence-corrected chi connectivity index (χ2v) is 20.0. The maximum absolute atomic E-state index is 12.4. The Bertz CT molecular complexity index is 3410. The molecule has 20 nitrogen and oxygen atoms in total. The van der Waals surface area contributed by atoms with Crippen molar-refractivity contribution in [2.45, 2.75) is 67.2 Å². The van der Waals surface area contributed by atoms with Gasteiger partial charge in [-0.15, -0.1) is 15.3 Å². The fourth-order valence-corrected chi connectivity index (χ4v) is 8.65. The molecule has 84 heavy (non-hydrogen) atoms. The summed E-state index contributed by atoms with van der Waals surface area (Å²) in [5.74, 6) is 2.05. The third kappa shape index (κ3) is 21.3. The molecular formula is C62H73N19OS2. The van der Waals surface area contributed by atoms with Crippen LogP contribution >= 0.6 is 24.4 Å². The minimum Gasteiger partial charge on any atom is -0.386 e. The average Bonchev–Trinajstić information content (AvgIpc) is 4.41. The topological polar surface area (TPSA) is 291 Å². The number of urea groups is 1. The molecule has 434 valence electrons. The number of nitrogens with one attached hydrogen (secondary N) is 7. The van der Waals surface area contributed by atoms with Gasteiger partial charge in [0.25, 0.3) is 0 Å².